The summed E-state index contributed by atoms with van der Waals surface area (Å²) in [6, 6.07) is -0.916. The Kier molecular flexibility index (Phi) is 26.3. The molecule has 0 bridgehead atoms. The topological polar surface area (TPSA) is 176 Å². The highest BCUT2D eigenvalue weighted by Gasteiger charge is 2.17. The average molecular weight is 443 g/mol. The van der Waals surface area contributed by atoms with Gasteiger partial charge in [0.05, 0.1) is 66.1 Å². The van der Waals surface area contributed by atoms with Crippen molar-refractivity contribution in [3.63, 3.8) is 0 Å². The highest BCUT2D eigenvalue weighted by molar-refractivity contribution is 5.77. The lowest BCUT2D eigenvalue weighted by molar-refractivity contribution is -0.148. The van der Waals surface area contributed by atoms with E-state index in [2.05, 4.69) is 0 Å². The zero-order valence-electron chi connectivity index (χ0n) is 17.7. The van der Waals surface area contributed by atoms with Crippen LogP contribution in [0.4, 0.5) is 0 Å². The van der Waals surface area contributed by atoms with Crippen molar-refractivity contribution in [1.82, 2.24) is 0 Å². The van der Waals surface area contributed by atoms with E-state index in [-0.39, 0.29) is 65.7 Å². The summed E-state index contributed by atoms with van der Waals surface area (Å²) in [5.74, 6) is -1.09. The molecule has 0 radical (unpaired) electrons. The monoisotopic (exact) mass is 443 g/mol. The molecule has 0 rings (SSSR count). The third-order valence-corrected chi connectivity index (χ3v) is 3.14. The van der Waals surface area contributed by atoms with E-state index in [0.29, 0.717) is 26.4 Å². The van der Waals surface area contributed by atoms with Crippen molar-refractivity contribution in [3.05, 3.63) is 0 Å². The molecule has 0 amide bonds. The highest BCUT2D eigenvalue weighted by Crippen LogP contribution is 2.00. The standard InChI is InChI=1S/C17H33NO10.CH4O/c18-15(17(22)28-14-12-26-10-8-24-6-4-20)1-2-16(21)27-13-11-25-9-7-23-5-3-19;1-2/h15,19-20H,1-14,18H2;2H,1H3/t15-;/m0./s1. The molecular weight excluding hydrogens is 406 g/mol. The first-order valence-corrected chi connectivity index (χ1v) is 9.67. The van der Waals surface area contributed by atoms with E-state index in [4.69, 9.17) is 49.5 Å². The Morgan fingerprint density at radius 2 is 1.10 bits per heavy atom. The lowest BCUT2D eigenvalue weighted by Crippen LogP contribution is -2.33. The van der Waals surface area contributed by atoms with Gasteiger partial charge in [0, 0.05) is 13.5 Å². The van der Waals surface area contributed by atoms with E-state index in [1.54, 1.807) is 0 Å². The summed E-state index contributed by atoms with van der Waals surface area (Å²) in [7, 11) is 1.00. The van der Waals surface area contributed by atoms with Crippen molar-refractivity contribution in [2.75, 3.05) is 86.4 Å². The Morgan fingerprint density at radius 3 is 1.57 bits per heavy atom. The van der Waals surface area contributed by atoms with E-state index < -0.39 is 18.0 Å². The first-order chi connectivity index (χ1) is 14.6. The molecule has 12 heteroatoms. The van der Waals surface area contributed by atoms with Crippen molar-refractivity contribution >= 4 is 11.9 Å². The van der Waals surface area contributed by atoms with Crippen LogP contribution in [0, 0.1) is 0 Å². The van der Waals surface area contributed by atoms with Gasteiger partial charge in [0.25, 0.3) is 0 Å². The number of aliphatic hydroxyl groups is 3. The zero-order valence-corrected chi connectivity index (χ0v) is 17.7. The lowest BCUT2D eigenvalue weighted by atomic mass is 10.2. The number of hydrogen-bond donors (Lipinski definition) is 4. The van der Waals surface area contributed by atoms with Gasteiger partial charge in [-0.05, 0) is 6.42 Å². The second-order valence-corrected chi connectivity index (χ2v) is 5.43. The number of aliphatic hydroxyl groups excluding tert-OH is 3. The molecule has 180 valence electrons. The molecule has 1 atom stereocenters. The van der Waals surface area contributed by atoms with Crippen LogP contribution in [-0.4, -0.2) is 120 Å². The number of carbonyl (C=O) groups is 2. The van der Waals surface area contributed by atoms with E-state index >= 15 is 0 Å². The third-order valence-electron chi connectivity index (χ3n) is 3.14. The first-order valence-electron chi connectivity index (χ1n) is 9.67. The second kappa shape index (κ2) is 25.7. The average Bonchev–Trinajstić information content (AvgIpc) is 2.76. The van der Waals surface area contributed by atoms with Crippen molar-refractivity contribution in [3.8, 4) is 0 Å². The highest BCUT2D eigenvalue weighted by atomic mass is 16.6. The summed E-state index contributed by atoms with van der Waals surface area (Å²) in [5, 5.41) is 24.0. The number of nitrogens with two attached hydrogens (primary N) is 1. The van der Waals surface area contributed by atoms with Crippen molar-refractivity contribution in [2.45, 2.75) is 18.9 Å². The minimum absolute atomic E-state index is 0.00538. The van der Waals surface area contributed by atoms with Crippen molar-refractivity contribution in [1.29, 1.82) is 0 Å². The Balaban J connectivity index is 0. The van der Waals surface area contributed by atoms with Gasteiger partial charge < -0.3 is 49.5 Å². The van der Waals surface area contributed by atoms with E-state index in [1.807, 2.05) is 0 Å². The largest absolute Gasteiger partial charge is 0.463 e. The molecule has 12 nitrogen and oxygen atoms in total. The maximum Gasteiger partial charge on any atom is 0.323 e. The van der Waals surface area contributed by atoms with Crippen LogP contribution in [0.3, 0.4) is 0 Å². The summed E-state index contributed by atoms with van der Waals surface area (Å²) in [6.07, 6.45) is 0.109. The van der Waals surface area contributed by atoms with Crippen LogP contribution in [0.5, 0.6) is 0 Å². The smallest absolute Gasteiger partial charge is 0.323 e. The fourth-order valence-corrected chi connectivity index (χ4v) is 1.76. The van der Waals surface area contributed by atoms with Crippen LogP contribution in [-0.2, 0) is 38.0 Å². The number of ether oxygens (including phenoxy) is 6. The van der Waals surface area contributed by atoms with Gasteiger partial charge in [-0.3, -0.25) is 9.59 Å². The van der Waals surface area contributed by atoms with Gasteiger partial charge in [0.15, 0.2) is 0 Å². The van der Waals surface area contributed by atoms with Crippen LogP contribution in [0.25, 0.3) is 0 Å². The van der Waals surface area contributed by atoms with Crippen LogP contribution >= 0.6 is 0 Å². The minimum Gasteiger partial charge on any atom is -0.463 e. The molecule has 0 spiro atoms. The minimum atomic E-state index is -0.916. The molecule has 0 aliphatic rings. The third kappa shape index (κ3) is 22.9. The molecule has 30 heavy (non-hydrogen) atoms. The van der Waals surface area contributed by atoms with Gasteiger partial charge in [-0.15, -0.1) is 0 Å². The molecular formula is C18H37NO11. The Labute approximate surface area is 177 Å². The molecule has 0 saturated heterocycles. The quantitative estimate of drug-likeness (QED) is 0.119. The van der Waals surface area contributed by atoms with Gasteiger partial charge in [0.1, 0.15) is 19.3 Å². The van der Waals surface area contributed by atoms with Crippen LogP contribution in [0.2, 0.25) is 0 Å². The summed E-state index contributed by atoms with van der Waals surface area (Å²) >= 11 is 0. The number of hydrogen-bond acceptors (Lipinski definition) is 12. The number of carbonyl (C=O) groups excluding carboxylic acids is 2. The summed E-state index contributed by atoms with van der Waals surface area (Å²) in [5.41, 5.74) is 5.67. The molecule has 0 aliphatic carbocycles. The molecule has 0 unspecified atom stereocenters. The van der Waals surface area contributed by atoms with Crippen LogP contribution < -0.4 is 5.73 Å². The van der Waals surface area contributed by atoms with Crippen molar-refractivity contribution < 1.29 is 53.3 Å². The van der Waals surface area contributed by atoms with E-state index in [9.17, 15) is 9.59 Å². The predicted octanol–water partition coefficient (Wildman–Crippen LogP) is -2.16. The second-order valence-electron chi connectivity index (χ2n) is 5.43. The first kappa shape index (κ1) is 30.8. The van der Waals surface area contributed by atoms with Crippen LogP contribution in [0.1, 0.15) is 12.8 Å². The fraction of sp³-hybridized carbons (Fsp3) is 0.889. The molecule has 0 saturated carbocycles. The van der Waals surface area contributed by atoms with Gasteiger partial charge in [-0.25, -0.2) is 0 Å². The van der Waals surface area contributed by atoms with E-state index in [0.717, 1.165) is 7.11 Å². The predicted molar refractivity (Wildman–Crippen MR) is 105 cm³/mol. The molecule has 5 N–H and O–H groups in total. The summed E-state index contributed by atoms with van der Waals surface area (Å²) in [6.45, 7) is 2.38. The van der Waals surface area contributed by atoms with Gasteiger partial charge in [-0.1, -0.05) is 0 Å². The summed E-state index contributed by atoms with van der Waals surface area (Å²) in [4.78, 5) is 23.2. The Morgan fingerprint density at radius 1 is 0.700 bits per heavy atom. The van der Waals surface area contributed by atoms with Gasteiger partial charge >= 0.3 is 11.9 Å². The number of esters is 2. The Hall–Kier alpha value is -1.38. The van der Waals surface area contributed by atoms with Gasteiger partial charge in [-0.2, -0.15) is 0 Å². The molecule has 0 aromatic rings. The molecule has 0 heterocycles. The number of rotatable bonds is 20. The maximum absolute atomic E-state index is 11.7. The van der Waals surface area contributed by atoms with E-state index in [1.165, 1.54) is 0 Å². The molecule has 0 aliphatic heterocycles. The zero-order chi connectivity index (χ0) is 22.9. The fourth-order valence-electron chi connectivity index (χ4n) is 1.76. The van der Waals surface area contributed by atoms with Crippen molar-refractivity contribution in [2.24, 2.45) is 5.73 Å². The normalized spacial score (nSPS) is 11.4. The van der Waals surface area contributed by atoms with Gasteiger partial charge in [0.2, 0.25) is 0 Å². The maximum atomic E-state index is 11.7. The SMILES string of the molecule is CO.N[C@@H](CCC(=O)OCCOCCOCCO)C(=O)OCCOCCOCCO. The summed E-state index contributed by atoms with van der Waals surface area (Å²) < 4.78 is 30.2. The Bertz CT molecular complexity index is 385. The molecule has 0 fully saturated rings. The lowest BCUT2D eigenvalue weighted by Gasteiger charge is -2.12. The molecule has 0 aromatic heterocycles. The molecule has 0 aromatic carbocycles. The van der Waals surface area contributed by atoms with Crippen LogP contribution in [0.15, 0.2) is 0 Å².